The van der Waals surface area contributed by atoms with Gasteiger partial charge in [-0.15, -0.1) is 0 Å². The average Bonchev–Trinajstić information content (AvgIpc) is 2.57. The van der Waals surface area contributed by atoms with Crippen LogP contribution in [-0.2, 0) is 11.8 Å². The Labute approximate surface area is 161 Å². The van der Waals surface area contributed by atoms with E-state index in [0.29, 0.717) is 0 Å². The molecule has 0 aliphatic carbocycles. The first kappa shape index (κ1) is 24.1. The molecule has 0 spiro atoms. The lowest BCUT2D eigenvalue weighted by Gasteiger charge is -2.19. The third kappa shape index (κ3) is 9.56. The number of carbonyl (C=O) groups is 1. The van der Waals surface area contributed by atoms with Crippen molar-refractivity contribution in [2.75, 3.05) is 0 Å². The molecule has 1 heteroatoms. The largest absolute Gasteiger partial charge is 0.298 e. The van der Waals surface area contributed by atoms with Crippen molar-refractivity contribution in [1.82, 2.24) is 0 Å². The zero-order chi connectivity index (χ0) is 20.2. The van der Waals surface area contributed by atoms with Crippen molar-refractivity contribution in [2.45, 2.75) is 80.1 Å². The molecule has 0 atom stereocenters. The Balaban J connectivity index is 0.000000419. The van der Waals surface area contributed by atoms with Crippen molar-refractivity contribution in [2.24, 2.45) is 0 Å². The van der Waals surface area contributed by atoms with Gasteiger partial charge in [-0.3, -0.25) is 4.79 Å². The smallest absolute Gasteiger partial charge is 0.150 e. The van der Waals surface area contributed by atoms with Crippen molar-refractivity contribution in [3.8, 4) is 0 Å². The second-order valence-corrected chi connectivity index (χ2v) is 7.88. The van der Waals surface area contributed by atoms with Gasteiger partial charge in [0.15, 0.2) is 0 Å². The standard InChI is InChI=1S/C11H14O.C11H16.C3H8/c1-3-4-11-6-5-10(8-12)7-9(11)2;1-9-6-5-7-10(8-9)11(2,3)4;1-3-2/h5-8H,3-4H2,1-2H3;5-8H,1-4H3;3H2,1-2H3. The van der Waals surface area contributed by atoms with Gasteiger partial charge < -0.3 is 0 Å². The molecule has 0 radical (unpaired) electrons. The molecule has 0 N–H and O–H groups in total. The fourth-order valence-electron chi connectivity index (χ4n) is 2.45. The summed E-state index contributed by atoms with van der Waals surface area (Å²) in [4.78, 5) is 10.4. The Kier molecular flexibility index (Phi) is 11.6. The fraction of sp³-hybridized carbons (Fsp3) is 0.480. The van der Waals surface area contributed by atoms with Gasteiger partial charge in [0.1, 0.15) is 6.29 Å². The Bertz CT molecular complexity index is 647. The lowest BCUT2D eigenvalue weighted by atomic mass is 9.86. The molecule has 0 aliphatic rings. The van der Waals surface area contributed by atoms with E-state index in [-0.39, 0.29) is 5.41 Å². The molecule has 0 bridgehead atoms. The molecule has 2 aromatic carbocycles. The Morgan fingerprint density at radius 2 is 1.54 bits per heavy atom. The fourth-order valence-corrected chi connectivity index (χ4v) is 2.45. The minimum atomic E-state index is 0.284. The summed E-state index contributed by atoms with van der Waals surface area (Å²) in [6.45, 7) is 17.3. The van der Waals surface area contributed by atoms with Crippen LogP contribution in [0.2, 0.25) is 0 Å². The van der Waals surface area contributed by atoms with Crippen LogP contribution in [0.5, 0.6) is 0 Å². The van der Waals surface area contributed by atoms with E-state index in [1.165, 1.54) is 28.7 Å². The monoisotopic (exact) mass is 354 g/mol. The molecular formula is C25H38O. The van der Waals surface area contributed by atoms with Gasteiger partial charge in [0.2, 0.25) is 0 Å². The highest BCUT2D eigenvalue weighted by atomic mass is 16.1. The SMILES string of the molecule is CCC.CCCc1ccc(C=O)cc1C.Cc1cccc(C(C)(C)C)c1. The lowest BCUT2D eigenvalue weighted by Crippen LogP contribution is -2.10. The normalized spacial score (nSPS) is 10.2. The quantitative estimate of drug-likeness (QED) is 0.522. The maximum absolute atomic E-state index is 10.4. The van der Waals surface area contributed by atoms with Gasteiger partial charge in [0.25, 0.3) is 0 Å². The predicted octanol–water partition coefficient (Wildman–Crippen LogP) is 7.47. The topological polar surface area (TPSA) is 17.1 Å². The summed E-state index contributed by atoms with van der Waals surface area (Å²) in [7, 11) is 0. The van der Waals surface area contributed by atoms with Crippen LogP contribution in [0.25, 0.3) is 0 Å². The van der Waals surface area contributed by atoms with E-state index in [9.17, 15) is 4.79 Å². The van der Waals surface area contributed by atoms with Crippen molar-refractivity contribution in [3.05, 3.63) is 70.3 Å². The first-order valence-corrected chi connectivity index (χ1v) is 9.81. The zero-order valence-electron chi connectivity index (χ0n) is 18.1. The lowest BCUT2D eigenvalue weighted by molar-refractivity contribution is 0.112. The minimum Gasteiger partial charge on any atom is -0.298 e. The third-order valence-corrected chi connectivity index (χ3v) is 3.91. The van der Waals surface area contributed by atoms with Gasteiger partial charge in [-0.2, -0.15) is 0 Å². The summed E-state index contributed by atoms with van der Waals surface area (Å²) in [5, 5.41) is 0. The summed E-state index contributed by atoms with van der Waals surface area (Å²) >= 11 is 0. The first-order chi connectivity index (χ1) is 12.2. The van der Waals surface area contributed by atoms with E-state index in [0.717, 1.165) is 24.7 Å². The minimum absolute atomic E-state index is 0.284. The van der Waals surface area contributed by atoms with Crippen LogP contribution >= 0.6 is 0 Å². The van der Waals surface area contributed by atoms with E-state index in [1.807, 2.05) is 18.2 Å². The molecule has 0 unspecified atom stereocenters. The molecule has 144 valence electrons. The van der Waals surface area contributed by atoms with Gasteiger partial charge in [0.05, 0.1) is 0 Å². The maximum atomic E-state index is 10.4. The van der Waals surface area contributed by atoms with Crippen molar-refractivity contribution in [3.63, 3.8) is 0 Å². The molecule has 0 aliphatic heterocycles. The molecule has 0 saturated heterocycles. The van der Waals surface area contributed by atoms with Crippen LogP contribution in [-0.4, -0.2) is 6.29 Å². The van der Waals surface area contributed by atoms with E-state index in [1.54, 1.807) is 0 Å². The number of benzene rings is 2. The third-order valence-electron chi connectivity index (χ3n) is 3.91. The molecule has 0 saturated carbocycles. The molecule has 2 rings (SSSR count). The van der Waals surface area contributed by atoms with Crippen LogP contribution in [0.4, 0.5) is 0 Å². The van der Waals surface area contributed by atoms with Gasteiger partial charge in [-0.05, 0) is 48.4 Å². The van der Waals surface area contributed by atoms with Crippen molar-refractivity contribution in [1.29, 1.82) is 0 Å². The Hall–Kier alpha value is -1.89. The van der Waals surface area contributed by atoms with Crippen LogP contribution in [0.3, 0.4) is 0 Å². The van der Waals surface area contributed by atoms with Gasteiger partial charge in [-0.25, -0.2) is 0 Å². The number of rotatable bonds is 3. The highest BCUT2D eigenvalue weighted by Gasteiger charge is 2.12. The van der Waals surface area contributed by atoms with Crippen LogP contribution < -0.4 is 0 Å². The van der Waals surface area contributed by atoms with Crippen LogP contribution in [0.15, 0.2) is 42.5 Å². The molecule has 0 aromatic heterocycles. The molecule has 0 amide bonds. The summed E-state index contributed by atoms with van der Waals surface area (Å²) in [6, 6.07) is 14.6. The molecule has 26 heavy (non-hydrogen) atoms. The predicted molar refractivity (Wildman–Crippen MR) is 116 cm³/mol. The average molecular weight is 355 g/mol. The Morgan fingerprint density at radius 1 is 0.923 bits per heavy atom. The van der Waals surface area contributed by atoms with Crippen LogP contribution in [0.1, 0.15) is 87.0 Å². The molecular weight excluding hydrogens is 316 g/mol. The second-order valence-electron chi connectivity index (χ2n) is 7.88. The molecule has 0 heterocycles. The Morgan fingerprint density at radius 3 is 1.92 bits per heavy atom. The van der Waals surface area contributed by atoms with Crippen molar-refractivity contribution < 1.29 is 4.79 Å². The number of carbonyl (C=O) groups excluding carboxylic acids is 1. The highest BCUT2D eigenvalue weighted by Crippen LogP contribution is 2.22. The van der Waals surface area contributed by atoms with E-state index >= 15 is 0 Å². The van der Waals surface area contributed by atoms with Gasteiger partial charge in [0, 0.05) is 5.56 Å². The van der Waals surface area contributed by atoms with E-state index in [4.69, 9.17) is 0 Å². The van der Waals surface area contributed by atoms with E-state index < -0.39 is 0 Å². The van der Waals surface area contributed by atoms with Gasteiger partial charge in [-0.1, -0.05) is 96.3 Å². The van der Waals surface area contributed by atoms with Crippen LogP contribution in [0, 0.1) is 13.8 Å². The second kappa shape index (κ2) is 12.5. The first-order valence-electron chi connectivity index (χ1n) is 9.81. The summed E-state index contributed by atoms with van der Waals surface area (Å²) in [5.41, 5.74) is 6.39. The van der Waals surface area contributed by atoms with E-state index in [2.05, 4.69) is 79.7 Å². The highest BCUT2D eigenvalue weighted by molar-refractivity contribution is 5.75. The summed E-state index contributed by atoms with van der Waals surface area (Å²) in [6.07, 6.45) is 4.40. The number of hydrogen-bond acceptors (Lipinski definition) is 1. The number of aldehydes is 1. The number of hydrogen-bond donors (Lipinski definition) is 0. The maximum Gasteiger partial charge on any atom is 0.150 e. The molecule has 2 aromatic rings. The summed E-state index contributed by atoms with van der Waals surface area (Å²) in [5.74, 6) is 0. The molecule has 0 fully saturated rings. The molecule has 1 nitrogen and oxygen atoms in total. The zero-order valence-corrected chi connectivity index (χ0v) is 18.1. The van der Waals surface area contributed by atoms with Crippen molar-refractivity contribution >= 4 is 6.29 Å². The number of aryl methyl sites for hydroxylation is 3. The van der Waals surface area contributed by atoms with Gasteiger partial charge >= 0.3 is 0 Å². The summed E-state index contributed by atoms with van der Waals surface area (Å²) < 4.78 is 0.